The molecule has 0 radical (unpaired) electrons. The van der Waals surface area contributed by atoms with Crippen molar-refractivity contribution in [3.05, 3.63) is 29.1 Å². The Balaban J connectivity index is 2.15. The molecule has 2 atom stereocenters. The first-order valence-electron chi connectivity index (χ1n) is 6.25. The predicted molar refractivity (Wildman–Crippen MR) is 65.3 cm³/mol. The number of phenols is 1. The Bertz CT molecular complexity index is 581. The van der Waals surface area contributed by atoms with Crippen LogP contribution in [0.25, 0.3) is 0 Å². The highest BCUT2D eigenvalue weighted by molar-refractivity contribution is 5.95. The van der Waals surface area contributed by atoms with Gasteiger partial charge in [-0.05, 0) is 13.0 Å². The van der Waals surface area contributed by atoms with E-state index >= 15 is 0 Å². The summed E-state index contributed by atoms with van der Waals surface area (Å²) in [6.07, 6.45) is -0.249. The molecule has 1 saturated heterocycles. The summed E-state index contributed by atoms with van der Waals surface area (Å²) in [6, 6.07) is 0.346. The topological polar surface area (TPSA) is 78.8 Å². The molecule has 1 fully saturated rings. The standard InChI is InChI=1S/C13H14F3NO4/c1-6-13(20,2-3-21-6)5-17-12(19)7-4-8(14)10(16)11(18)9(7)15/h4,6,18,20H,2-3,5H2,1H3,(H,17,19). The number of carbonyl (C=O) groups is 1. The Morgan fingerprint density at radius 3 is 2.71 bits per heavy atom. The van der Waals surface area contributed by atoms with E-state index in [1.165, 1.54) is 0 Å². The Hall–Kier alpha value is -1.80. The third-order valence-corrected chi connectivity index (χ3v) is 3.59. The zero-order valence-corrected chi connectivity index (χ0v) is 11.1. The molecule has 0 aromatic heterocycles. The lowest BCUT2D eigenvalue weighted by atomic mass is 9.96. The monoisotopic (exact) mass is 305 g/mol. The molecule has 0 aliphatic carbocycles. The fraction of sp³-hybridized carbons (Fsp3) is 0.462. The summed E-state index contributed by atoms with van der Waals surface area (Å²) >= 11 is 0. The number of aromatic hydroxyl groups is 1. The van der Waals surface area contributed by atoms with Crippen LogP contribution >= 0.6 is 0 Å². The van der Waals surface area contributed by atoms with Crippen LogP contribution in [0.4, 0.5) is 13.2 Å². The van der Waals surface area contributed by atoms with Gasteiger partial charge in [-0.2, -0.15) is 4.39 Å². The fourth-order valence-corrected chi connectivity index (χ4v) is 2.09. The number of carbonyl (C=O) groups excluding carboxylic acids is 1. The number of rotatable bonds is 3. The summed E-state index contributed by atoms with van der Waals surface area (Å²) in [6.45, 7) is 1.68. The minimum atomic E-state index is -1.76. The van der Waals surface area contributed by atoms with Gasteiger partial charge in [-0.1, -0.05) is 0 Å². The third kappa shape index (κ3) is 2.81. The molecule has 1 aliphatic heterocycles. The van der Waals surface area contributed by atoms with Gasteiger partial charge in [-0.15, -0.1) is 0 Å². The van der Waals surface area contributed by atoms with Crippen LogP contribution in [0.2, 0.25) is 0 Å². The van der Waals surface area contributed by atoms with Crippen molar-refractivity contribution in [1.29, 1.82) is 0 Å². The molecule has 1 heterocycles. The maximum absolute atomic E-state index is 13.6. The van der Waals surface area contributed by atoms with Gasteiger partial charge in [-0.25, -0.2) is 8.78 Å². The van der Waals surface area contributed by atoms with Crippen LogP contribution in [0.15, 0.2) is 6.07 Å². The van der Waals surface area contributed by atoms with Crippen molar-refractivity contribution < 1.29 is 32.9 Å². The summed E-state index contributed by atoms with van der Waals surface area (Å²) in [7, 11) is 0. The largest absolute Gasteiger partial charge is 0.503 e. The highest BCUT2D eigenvalue weighted by Crippen LogP contribution is 2.27. The second kappa shape index (κ2) is 5.53. The molecule has 3 N–H and O–H groups in total. The number of aliphatic hydroxyl groups is 1. The first-order chi connectivity index (χ1) is 9.76. The second-order valence-electron chi connectivity index (χ2n) is 4.93. The van der Waals surface area contributed by atoms with Crippen LogP contribution in [-0.4, -0.2) is 41.0 Å². The molecule has 1 aliphatic rings. The van der Waals surface area contributed by atoms with Gasteiger partial charge in [0.1, 0.15) is 5.60 Å². The lowest BCUT2D eigenvalue weighted by molar-refractivity contribution is -0.0252. The average molecular weight is 305 g/mol. The smallest absolute Gasteiger partial charge is 0.254 e. The van der Waals surface area contributed by atoms with Gasteiger partial charge >= 0.3 is 0 Å². The number of halogens is 3. The SMILES string of the molecule is CC1OCCC1(O)CNC(=O)c1cc(F)c(F)c(O)c1F. The van der Waals surface area contributed by atoms with Crippen LogP contribution < -0.4 is 5.32 Å². The number of hydrogen-bond acceptors (Lipinski definition) is 4. The highest BCUT2D eigenvalue weighted by atomic mass is 19.2. The average Bonchev–Trinajstić information content (AvgIpc) is 2.78. The molecule has 0 spiro atoms. The van der Waals surface area contributed by atoms with Crippen LogP contribution in [0.5, 0.6) is 5.75 Å². The lowest BCUT2D eigenvalue weighted by Crippen LogP contribution is -2.47. The van der Waals surface area contributed by atoms with Gasteiger partial charge in [0.2, 0.25) is 5.82 Å². The van der Waals surface area contributed by atoms with Crippen LogP contribution in [0.1, 0.15) is 23.7 Å². The van der Waals surface area contributed by atoms with Gasteiger partial charge in [0.05, 0.1) is 11.7 Å². The first-order valence-corrected chi connectivity index (χ1v) is 6.25. The summed E-state index contributed by atoms with van der Waals surface area (Å²) in [5, 5.41) is 21.4. The van der Waals surface area contributed by atoms with E-state index in [9.17, 15) is 23.1 Å². The Labute approximate surface area is 118 Å². The number of ether oxygens (including phenoxy) is 1. The lowest BCUT2D eigenvalue weighted by Gasteiger charge is -2.26. The number of hydrogen-bond donors (Lipinski definition) is 3. The normalized spacial score (nSPS) is 25.1. The molecule has 0 saturated carbocycles. The van der Waals surface area contributed by atoms with Crippen LogP contribution in [-0.2, 0) is 4.74 Å². The second-order valence-corrected chi connectivity index (χ2v) is 4.93. The number of phenolic OH excluding ortho intramolecular Hbond substituents is 1. The van der Waals surface area contributed by atoms with Crippen molar-refractivity contribution in [2.45, 2.75) is 25.0 Å². The fourth-order valence-electron chi connectivity index (χ4n) is 2.09. The van der Waals surface area contributed by atoms with E-state index in [0.29, 0.717) is 12.7 Å². The predicted octanol–water partition coefficient (Wildman–Crippen LogP) is 1.08. The van der Waals surface area contributed by atoms with Gasteiger partial charge in [0, 0.05) is 19.6 Å². The molecule has 8 heteroatoms. The van der Waals surface area contributed by atoms with Crippen molar-refractivity contribution in [1.82, 2.24) is 5.32 Å². The van der Waals surface area contributed by atoms with E-state index in [1.807, 2.05) is 0 Å². The number of nitrogens with one attached hydrogen (secondary N) is 1. The van der Waals surface area contributed by atoms with Gasteiger partial charge < -0.3 is 20.3 Å². The molecule has 116 valence electrons. The van der Waals surface area contributed by atoms with E-state index in [-0.39, 0.29) is 13.0 Å². The quantitative estimate of drug-likeness (QED) is 0.730. The maximum Gasteiger partial charge on any atom is 0.254 e. The zero-order valence-electron chi connectivity index (χ0n) is 11.1. The van der Waals surface area contributed by atoms with E-state index in [1.54, 1.807) is 6.92 Å². The first kappa shape index (κ1) is 15.6. The van der Waals surface area contributed by atoms with Crippen molar-refractivity contribution in [2.75, 3.05) is 13.2 Å². The summed E-state index contributed by atoms with van der Waals surface area (Å²) in [5.41, 5.74) is -2.16. The third-order valence-electron chi connectivity index (χ3n) is 3.59. The van der Waals surface area contributed by atoms with Crippen molar-refractivity contribution in [3.63, 3.8) is 0 Å². The van der Waals surface area contributed by atoms with Crippen molar-refractivity contribution >= 4 is 5.91 Å². The Morgan fingerprint density at radius 1 is 1.48 bits per heavy atom. The van der Waals surface area contributed by atoms with Crippen molar-refractivity contribution in [2.24, 2.45) is 0 Å². The molecular formula is C13H14F3NO4. The van der Waals surface area contributed by atoms with E-state index < -0.39 is 46.4 Å². The number of benzene rings is 1. The summed E-state index contributed by atoms with van der Waals surface area (Å²) in [4.78, 5) is 11.8. The van der Waals surface area contributed by atoms with Gasteiger partial charge in [0.15, 0.2) is 17.4 Å². The summed E-state index contributed by atoms with van der Waals surface area (Å²) < 4.78 is 44.8. The zero-order chi connectivity index (χ0) is 15.8. The maximum atomic E-state index is 13.6. The molecule has 21 heavy (non-hydrogen) atoms. The van der Waals surface area contributed by atoms with E-state index in [0.717, 1.165) is 0 Å². The molecule has 1 aromatic rings. The minimum absolute atomic E-state index is 0.244. The molecular weight excluding hydrogens is 291 g/mol. The number of amides is 1. The van der Waals surface area contributed by atoms with E-state index in [4.69, 9.17) is 9.84 Å². The molecule has 1 amide bonds. The van der Waals surface area contributed by atoms with E-state index in [2.05, 4.69) is 5.32 Å². The molecule has 2 unspecified atom stereocenters. The van der Waals surface area contributed by atoms with Crippen LogP contribution in [0, 0.1) is 17.5 Å². The molecule has 1 aromatic carbocycles. The molecule has 5 nitrogen and oxygen atoms in total. The Kier molecular flexibility index (Phi) is 4.11. The van der Waals surface area contributed by atoms with Gasteiger partial charge in [0.25, 0.3) is 5.91 Å². The molecule has 2 rings (SSSR count). The van der Waals surface area contributed by atoms with Crippen LogP contribution in [0.3, 0.4) is 0 Å². The minimum Gasteiger partial charge on any atom is -0.503 e. The highest BCUT2D eigenvalue weighted by Gasteiger charge is 2.40. The van der Waals surface area contributed by atoms with Crippen molar-refractivity contribution in [3.8, 4) is 5.75 Å². The molecule has 0 bridgehead atoms. The summed E-state index contributed by atoms with van der Waals surface area (Å²) in [5.74, 6) is -7.50. The Morgan fingerprint density at radius 2 is 2.14 bits per heavy atom. The van der Waals surface area contributed by atoms with Gasteiger partial charge in [-0.3, -0.25) is 4.79 Å².